The number of hydrogen-bond acceptors (Lipinski definition) is 3. The number of rotatable bonds is 5. The molecule has 0 saturated carbocycles. The van der Waals surface area contributed by atoms with Gasteiger partial charge in [-0.2, -0.15) is 0 Å². The Morgan fingerprint density at radius 1 is 1.64 bits per heavy atom. The molecule has 0 aliphatic carbocycles. The fourth-order valence-corrected chi connectivity index (χ4v) is 2.05. The molecule has 0 radical (unpaired) electrons. The van der Waals surface area contributed by atoms with Gasteiger partial charge < -0.3 is 10.4 Å². The maximum atomic E-state index is 9.18. The monoisotopic (exact) mass is 233 g/mol. The van der Waals surface area contributed by atoms with E-state index in [1.165, 1.54) is 4.88 Å². The molecular weight excluding hydrogens is 218 g/mol. The highest BCUT2D eigenvalue weighted by molar-refractivity contribution is 7.10. The Kier molecular flexibility index (Phi) is 4.38. The van der Waals surface area contributed by atoms with E-state index in [2.05, 4.69) is 12.2 Å². The third-order valence-electron chi connectivity index (χ3n) is 2.44. The quantitative estimate of drug-likeness (QED) is 0.820. The average Bonchev–Trinajstić information content (AvgIpc) is 2.61. The van der Waals surface area contributed by atoms with Gasteiger partial charge in [-0.05, 0) is 19.4 Å². The van der Waals surface area contributed by atoms with Crippen molar-refractivity contribution in [1.82, 2.24) is 5.32 Å². The Labute approximate surface area is 93.9 Å². The highest BCUT2D eigenvalue weighted by Crippen LogP contribution is 2.20. The second-order valence-electron chi connectivity index (χ2n) is 3.66. The van der Waals surface area contributed by atoms with Crippen LogP contribution in [-0.2, 0) is 6.54 Å². The summed E-state index contributed by atoms with van der Waals surface area (Å²) in [5.41, 5.74) is -0.184. The minimum atomic E-state index is -0.184. The zero-order chi connectivity index (χ0) is 10.6. The van der Waals surface area contributed by atoms with Crippen LogP contribution in [0.4, 0.5) is 0 Å². The molecule has 0 saturated heterocycles. The van der Waals surface area contributed by atoms with E-state index in [1.54, 1.807) is 11.3 Å². The lowest BCUT2D eigenvalue weighted by atomic mass is 10.0. The van der Waals surface area contributed by atoms with E-state index in [1.807, 2.05) is 18.4 Å². The van der Waals surface area contributed by atoms with Crippen LogP contribution in [0.3, 0.4) is 0 Å². The standard InChI is InChI=1S/C10H16ClNOS/c1-3-10(2,7-13)12-5-9-4-8(11)6-14-9/h4,6,12-13H,3,5,7H2,1-2H3. The number of nitrogens with one attached hydrogen (secondary N) is 1. The molecule has 1 rings (SSSR count). The van der Waals surface area contributed by atoms with Gasteiger partial charge in [0.2, 0.25) is 0 Å². The summed E-state index contributed by atoms with van der Waals surface area (Å²) >= 11 is 7.45. The summed E-state index contributed by atoms with van der Waals surface area (Å²) in [6.07, 6.45) is 0.905. The van der Waals surface area contributed by atoms with Crippen molar-refractivity contribution in [3.05, 3.63) is 21.3 Å². The van der Waals surface area contributed by atoms with E-state index in [0.29, 0.717) is 0 Å². The van der Waals surface area contributed by atoms with Gasteiger partial charge in [0.25, 0.3) is 0 Å². The first kappa shape index (κ1) is 12.0. The van der Waals surface area contributed by atoms with Crippen LogP contribution >= 0.6 is 22.9 Å². The van der Waals surface area contributed by atoms with Crippen molar-refractivity contribution >= 4 is 22.9 Å². The summed E-state index contributed by atoms with van der Waals surface area (Å²) in [5.74, 6) is 0. The molecule has 14 heavy (non-hydrogen) atoms. The molecule has 1 heterocycles. The van der Waals surface area contributed by atoms with Gasteiger partial charge in [0.15, 0.2) is 0 Å². The van der Waals surface area contributed by atoms with Crippen molar-refractivity contribution in [2.24, 2.45) is 0 Å². The lowest BCUT2D eigenvalue weighted by Gasteiger charge is -2.26. The Balaban J connectivity index is 2.47. The number of halogens is 1. The van der Waals surface area contributed by atoms with Gasteiger partial charge in [-0.25, -0.2) is 0 Å². The Hall–Kier alpha value is -0.0900. The Morgan fingerprint density at radius 3 is 2.79 bits per heavy atom. The maximum Gasteiger partial charge on any atom is 0.0610 e. The van der Waals surface area contributed by atoms with E-state index in [-0.39, 0.29) is 12.1 Å². The smallest absolute Gasteiger partial charge is 0.0610 e. The van der Waals surface area contributed by atoms with Gasteiger partial charge >= 0.3 is 0 Å². The SMILES string of the molecule is CCC(C)(CO)NCc1cc(Cl)cs1. The van der Waals surface area contributed by atoms with Crippen molar-refractivity contribution in [2.45, 2.75) is 32.4 Å². The van der Waals surface area contributed by atoms with Gasteiger partial charge in [-0.3, -0.25) is 0 Å². The molecule has 0 fully saturated rings. The van der Waals surface area contributed by atoms with E-state index in [4.69, 9.17) is 11.6 Å². The molecule has 4 heteroatoms. The summed E-state index contributed by atoms with van der Waals surface area (Å²) in [7, 11) is 0. The number of aliphatic hydroxyl groups is 1. The van der Waals surface area contributed by atoms with Gasteiger partial charge in [0.05, 0.1) is 11.6 Å². The molecule has 1 unspecified atom stereocenters. The lowest BCUT2D eigenvalue weighted by Crippen LogP contribution is -2.44. The van der Waals surface area contributed by atoms with Gasteiger partial charge in [-0.15, -0.1) is 11.3 Å². The summed E-state index contributed by atoms with van der Waals surface area (Å²) < 4.78 is 0. The largest absolute Gasteiger partial charge is 0.394 e. The summed E-state index contributed by atoms with van der Waals surface area (Å²) in [6.45, 7) is 5.00. The molecular formula is C10H16ClNOS. The summed E-state index contributed by atoms with van der Waals surface area (Å²) in [4.78, 5) is 1.20. The predicted octanol–water partition coefficient (Wildman–Crippen LogP) is 2.65. The summed E-state index contributed by atoms with van der Waals surface area (Å²) in [5, 5.41) is 15.2. The number of thiophene rings is 1. The van der Waals surface area contributed by atoms with Crippen molar-refractivity contribution < 1.29 is 5.11 Å². The molecule has 1 aromatic rings. The molecule has 1 atom stereocenters. The minimum absolute atomic E-state index is 0.155. The van der Waals surface area contributed by atoms with Crippen molar-refractivity contribution in [3.63, 3.8) is 0 Å². The van der Waals surface area contributed by atoms with Crippen LogP contribution in [0.2, 0.25) is 5.02 Å². The first-order chi connectivity index (χ1) is 6.59. The van der Waals surface area contributed by atoms with Crippen LogP contribution < -0.4 is 5.32 Å². The van der Waals surface area contributed by atoms with Crippen LogP contribution in [0.1, 0.15) is 25.1 Å². The second-order valence-corrected chi connectivity index (χ2v) is 5.09. The minimum Gasteiger partial charge on any atom is -0.394 e. The second kappa shape index (κ2) is 5.12. The molecule has 0 spiro atoms. The molecule has 0 aliphatic heterocycles. The molecule has 0 bridgehead atoms. The molecule has 0 aromatic carbocycles. The highest BCUT2D eigenvalue weighted by Gasteiger charge is 2.19. The molecule has 0 aliphatic rings. The Morgan fingerprint density at radius 2 is 2.36 bits per heavy atom. The van der Waals surface area contributed by atoms with Gasteiger partial charge in [-0.1, -0.05) is 18.5 Å². The van der Waals surface area contributed by atoms with Crippen LogP contribution in [0.15, 0.2) is 11.4 Å². The van der Waals surface area contributed by atoms with Crippen LogP contribution in [0.25, 0.3) is 0 Å². The average molecular weight is 234 g/mol. The highest BCUT2D eigenvalue weighted by atomic mass is 35.5. The normalized spacial score (nSPS) is 15.4. The zero-order valence-electron chi connectivity index (χ0n) is 8.51. The number of hydrogen-bond donors (Lipinski definition) is 2. The lowest BCUT2D eigenvalue weighted by molar-refractivity contribution is 0.169. The molecule has 0 amide bonds. The molecule has 1 aromatic heterocycles. The first-order valence-electron chi connectivity index (χ1n) is 4.68. The van der Waals surface area contributed by atoms with Gasteiger partial charge in [0, 0.05) is 22.3 Å². The fraction of sp³-hybridized carbons (Fsp3) is 0.600. The third-order valence-corrected chi connectivity index (χ3v) is 3.72. The van der Waals surface area contributed by atoms with Crippen LogP contribution in [-0.4, -0.2) is 17.3 Å². The topological polar surface area (TPSA) is 32.3 Å². The summed E-state index contributed by atoms with van der Waals surface area (Å²) in [6, 6.07) is 1.95. The van der Waals surface area contributed by atoms with E-state index in [9.17, 15) is 5.11 Å². The third kappa shape index (κ3) is 3.24. The van der Waals surface area contributed by atoms with E-state index < -0.39 is 0 Å². The fourth-order valence-electron chi connectivity index (χ4n) is 1.04. The molecule has 80 valence electrons. The van der Waals surface area contributed by atoms with Crippen LogP contribution in [0, 0.1) is 0 Å². The number of aliphatic hydroxyl groups excluding tert-OH is 1. The van der Waals surface area contributed by atoms with Crippen molar-refractivity contribution in [2.75, 3.05) is 6.61 Å². The van der Waals surface area contributed by atoms with E-state index in [0.717, 1.165) is 18.0 Å². The van der Waals surface area contributed by atoms with Crippen molar-refractivity contribution in [3.8, 4) is 0 Å². The van der Waals surface area contributed by atoms with Gasteiger partial charge in [0.1, 0.15) is 0 Å². The van der Waals surface area contributed by atoms with E-state index >= 15 is 0 Å². The predicted molar refractivity (Wildman–Crippen MR) is 62.0 cm³/mol. The zero-order valence-corrected chi connectivity index (χ0v) is 10.1. The van der Waals surface area contributed by atoms with Crippen molar-refractivity contribution in [1.29, 1.82) is 0 Å². The first-order valence-corrected chi connectivity index (χ1v) is 5.94. The molecule has 2 N–H and O–H groups in total. The van der Waals surface area contributed by atoms with Crippen LogP contribution in [0.5, 0.6) is 0 Å². The molecule has 2 nitrogen and oxygen atoms in total. The maximum absolute atomic E-state index is 9.18. The Bertz CT molecular complexity index is 283.